The Balaban J connectivity index is 1.62. The van der Waals surface area contributed by atoms with E-state index < -0.39 is 17.7 Å². The summed E-state index contributed by atoms with van der Waals surface area (Å²) in [7, 11) is 0. The van der Waals surface area contributed by atoms with Crippen LogP contribution in [0.5, 0.6) is 0 Å². The van der Waals surface area contributed by atoms with Gasteiger partial charge in [0, 0.05) is 31.8 Å². The zero-order chi connectivity index (χ0) is 25.3. The van der Waals surface area contributed by atoms with E-state index in [4.69, 9.17) is 34.8 Å². The van der Waals surface area contributed by atoms with E-state index in [0.29, 0.717) is 37.3 Å². The first-order chi connectivity index (χ1) is 16.6. The molecule has 3 N–H and O–H groups in total. The van der Waals surface area contributed by atoms with Crippen LogP contribution in [-0.2, 0) is 9.59 Å². The fraction of sp³-hybridized carbons (Fsp3) is 0.0800. The zero-order valence-electron chi connectivity index (χ0n) is 18.6. The lowest BCUT2D eigenvalue weighted by molar-refractivity contribution is -0.133. The smallest absolute Gasteiger partial charge is 0.321 e. The Bertz CT molecular complexity index is 1500. The normalized spacial score (nSPS) is 10.8. The Morgan fingerprint density at radius 3 is 1.91 bits per heavy atom. The Kier molecular flexibility index (Phi) is 7.03. The SMILES string of the molecule is Cc1ccc(NC(=O)C(=O)Nn2c(C(=O)Nc3ccc(C)c(Cl)c3)cc3cc(Cl)ccc32)cc1Cl. The summed E-state index contributed by atoms with van der Waals surface area (Å²) in [5.74, 6) is -2.44. The topological polar surface area (TPSA) is 92.2 Å². The van der Waals surface area contributed by atoms with Crippen molar-refractivity contribution in [2.45, 2.75) is 13.8 Å². The molecule has 0 unspecified atom stereocenters. The number of fused-ring (bicyclic) bond motifs is 1. The molecule has 1 aromatic heterocycles. The Hall–Kier alpha value is -3.52. The molecule has 7 nitrogen and oxygen atoms in total. The first-order valence-electron chi connectivity index (χ1n) is 10.4. The van der Waals surface area contributed by atoms with Gasteiger partial charge in [0.05, 0.1) is 5.52 Å². The van der Waals surface area contributed by atoms with E-state index in [-0.39, 0.29) is 5.69 Å². The molecule has 0 spiro atoms. The van der Waals surface area contributed by atoms with Gasteiger partial charge in [0.2, 0.25) is 0 Å². The van der Waals surface area contributed by atoms with Gasteiger partial charge in [-0.2, -0.15) is 0 Å². The van der Waals surface area contributed by atoms with Crippen molar-refractivity contribution >= 4 is 74.8 Å². The van der Waals surface area contributed by atoms with Gasteiger partial charge in [-0.25, -0.2) is 4.68 Å². The lowest BCUT2D eigenvalue weighted by Crippen LogP contribution is -2.36. The third-order valence-electron chi connectivity index (χ3n) is 5.28. The van der Waals surface area contributed by atoms with E-state index in [9.17, 15) is 14.4 Å². The number of aromatic nitrogens is 1. The van der Waals surface area contributed by atoms with Crippen molar-refractivity contribution in [3.05, 3.63) is 92.6 Å². The van der Waals surface area contributed by atoms with E-state index in [1.165, 1.54) is 4.68 Å². The van der Waals surface area contributed by atoms with Gasteiger partial charge in [0.25, 0.3) is 5.91 Å². The highest BCUT2D eigenvalue weighted by Crippen LogP contribution is 2.25. The minimum Gasteiger partial charge on any atom is -0.321 e. The van der Waals surface area contributed by atoms with Gasteiger partial charge in [-0.15, -0.1) is 0 Å². The van der Waals surface area contributed by atoms with Crippen LogP contribution in [0, 0.1) is 13.8 Å². The van der Waals surface area contributed by atoms with Gasteiger partial charge in [-0.3, -0.25) is 19.8 Å². The van der Waals surface area contributed by atoms with E-state index in [1.807, 2.05) is 13.8 Å². The lowest BCUT2D eigenvalue weighted by atomic mass is 10.2. The second-order valence-corrected chi connectivity index (χ2v) is 9.10. The van der Waals surface area contributed by atoms with Crippen molar-refractivity contribution < 1.29 is 14.4 Å². The Morgan fingerprint density at radius 1 is 0.714 bits per heavy atom. The summed E-state index contributed by atoms with van der Waals surface area (Å²) in [6.07, 6.45) is 0. The molecule has 0 fully saturated rings. The summed E-state index contributed by atoms with van der Waals surface area (Å²) in [6.45, 7) is 3.67. The fourth-order valence-corrected chi connectivity index (χ4v) is 3.89. The van der Waals surface area contributed by atoms with E-state index in [0.717, 1.165) is 11.1 Å². The summed E-state index contributed by atoms with van der Waals surface area (Å²) in [5, 5.41) is 7.24. The predicted molar refractivity (Wildman–Crippen MR) is 140 cm³/mol. The number of hydrogen-bond acceptors (Lipinski definition) is 3. The number of amides is 3. The summed E-state index contributed by atoms with van der Waals surface area (Å²) in [5.41, 5.74) is 5.57. The number of nitrogens with zero attached hydrogens (tertiary/aromatic N) is 1. The maximum Gasteiger partial charge on any atom is 0.328 e. The number of anilines is 2. The molecule has 3 aromatic carbocycles. The minimum absolute atomic E-state index is 0.0819. The van der Waals surface area contributed by atoms with Crippen LogP contribution < -0.4 is 16.1 Å². The molecule has 0 saturated carbocycles. The van der Waals surface area contributed by atoms with Gasteiger partial charge in [0.1, 0.15) is 5.69 Å². The summed E-state index contributed by atoms with van der Waals surface area (Å²) in [4.78, 5) is 38.4. The third kappa shape index (κ3) is 5.43. The molecular formula is C25H19Cl3N4O3. The average Bonchev–Trinajstić information content (AvgIpc) is 3.16. The van der Waals surface area contributed by atoms with Gasteiger partial charge in [-0.05, 0) is 73.5 Å². The van der Waals surface area contributed by atoms with Crippen molar-refractivity contribution in [1.29, 1.82) is 0 Å². The molecule has 4 aromatic rings. The average molecular weight is 530 g/mol. The molecule has 0 radical (unpaired) electrons. The van der Waals surface area contributed by atoms with Gasteiger partial charge >= 0.3 is 11.8 Å². The molecular weight excluding hydrogens is 511 g/mol. The van der Waals surface area contributed by atoms with Gasteiger partial charge in [0.15, 0.2) is 0 Å². The highest BCUT2D eigenvalue weighted by Gasteiger charge is 2.21. The number of halogens is 3. The summed E-state index contributed by atoms with van der Waals surface area (Å²) >= 11 is 18.4. The van der Waals surface area contributed by atoms with Crippen molar-refractivity contribution in [1.82, 2.24) is 4.68 Å². The van der Waals surface area contributed by atoms with Crippen LogP contribution in [0.15, 0.2) is 60.7 Å². The number of carbonyl (C=O) groups is 3. The highest BCUT2D eigenvalue weighted by molar-refractivity contribution is 6.42. The number of hydrogen-bond donors (Lipinski definition) is 3. The molecule has 0 saturated heterocycles. The van der Waals surface area contributed by atoms with Crippen molar-refractivity contribution in [2.75, 3.05) is 16.1 Å². The second kappa shape index (κ2) is 10.00. The summed E-state index contributed by atoms with van der Waals surface area (Å²) in [6, 6.07) is 16.5. The number of rotatable bonds is 4. The number of benzene rings is 3. The van der Waals surface area contributed by atoms with Crippen LogP contribution >= 0.6 is 34.8 Å². The van der Waals surface area contributed by atoms with Crippen LogP contribution in [-0.4, -0.2) is 22.4 Å². The molecule has 4 rings (SSSR count). The van der Waals surface area contributed by atoms with Crippen LogP contribution in [0.3, 0.4) is 0 Å². The Morgan fingerprint density at radius 2 is 1.31 bits per heavy atom. The largest absolute Gasteiger partial charge is 0.328 e. The molecule has 3 amide bonds. The first kappa shape index (κ1) is 24.6. The highest BCUT2D eigenvalue weighted by atomic mass is 35.5. The van der Waals surface area contributed by atoms with Crippen LogP contribution in [0.25, 0.3) is 10.9 Å². The van der Waals surface area contributed by atoms with Crippen molar-refractivity contribution in [2.24, 2.45) is 0 Å². The fourth-order valence-electron chi connectivity index (χ4n) is 3.35. The van der Waals surface area contributed by atoms with Crippen molar-refractivity contribution in [3.8, 4) is 0 Å². The monoisotopic (exact) mass is 528 g/mol. The molecule has 0 aliphatic heterocycles. The standard InChI is InChI=1S/C25H19Cl3N4O3/c1-13-3-6-17(11-19(13)27)29-23(33)22-10-15-9-16(26)5-8-21(15)32(22)31-25(35)24(34)30-18-7-4-14(2)20(28)12-18/h3-12H,1-2H3,(H,29,33)(H,30,34)(H,31,35). The lowest BCUT2D eigenvalue weighted by Gasteiger charge is -2.13. The minimum atomic E-state index is -0.985. The van der Waals surface area contributed by atoms with Crippen LogP contribution in [0.1, 0.15) is 21.6 Å². The molecule has 1 heterocycles. The van der Waals surface area contributed by atoms with Gasteiger partial charge < -0.3 is 10.6 Å². The van der Waals surface area contributed by atoms with Crippen LogP contribution in [0.4, 0.5) is 11.4 Å². The number of aryl methyl sites for hydroxylation is 2. The Labute approximate surface area is 215 Å². The molecule has 0 atom stereocenters. The summed E-state index contributed by atoms with van der Waals surface area (Å²) < 4.78 is 1.24. The van der Waals surface area contributed by atoms with E-state index >= 15 is 0 Å². The van der Waals surface area contributed by atoms with Crippen molar-refractivity contribution in [3.63, 3.8) is 0 Å². The van der Waals surface area contributed by atoms with E-state index in [1.54, 1.807) is 60.7 Å². The molecule has 10 heteroatoms. The maximum absolute atomic E-state index is 13.1. The molecule has 0 aliphatic rings. The maximum atomic E-state index is 13.1. The number of nitrogens with one attached hydrogen (secondary N) is 3. The second-order valence-electron chi connectivity index (χ2n) is 7.85. The molecule has 35 heavy (non-hydrogen) atoms. The predicted octanol–water partition coefficient (Wildman–Crippen LogP) is 6.18. The van der Waals surface area contributed by atoms with E-state index in [2.05, 4.69) is 16.1 Å². The quantitative estimate of drug-likeness (QED) is 0.276. The zero-order valence-corrected chi connectivity index (χ0v) is 20.8. The van der Waals surface area contributed by atoms with Gasteiger partial charge in [-0.1, -0.05) is 46.9 Å². The molecule has 178 valence electrons. The first-order valence-corrected chi connectivity index (χ1v) is 11.5. The van der Waals surface area contributed by atoms with Crippen LogP contribution in [0.2, 0.25) is 15.1 Å². The molecule has 0 aliphatic carbocycles. The molecule has 0 bridgehead atoms. The third-order valence-corrected chi connectivity index (χ3v) is 6.32. The number of carbonyl (C=O) groups excluding carboxylic acids is 3.